The summed E-state index contributed by atoms with van der Waals surface area (Å²) in [6, 6.07) is 7.97. The summed E-state index contributed by atoms with van der Waals surface area (Å²) in [5.74, 6) is -3.34. The van der Waals surface area contributed by atoms with Crippen molar-refractivity contribution in [1.29, 1.82) is 0 Å². The number of para-hydroxylation sites is 1. The van der Waals surface area contributed by atoms with Crippen LogP contribution in [0, 0.1) is 5.82 Å². The molecule has 3 saturated heterocycles. The number of thiazole rings is 1. The Balaban J connectivity index is 0.963. The first-order valence-corrected chi connectivity index (χ1v) is 18.0. The highest BCUT2D eigenvalue weighted by molar-refractivity contribution is 7.22. The molecule has 4 fully saturated rings. The van der Waals surface area contributed by atoms with Gasteiger partial charge in [-0.25, -0.2) is 19.0 Å². The summed E-state index contributed by atoms with van der Waals surface area (Å²) < 4.78 is 81.8. The number of rotatable bonds is 10. The highest BCUT2D eigenvalue weighted by Gasteiger charge is 2.49. The van der Waals surface area contributed by atoms with Crippen molar-refractivity contribution < 1.29 is 71.0 Å². The lowest BCUT2D eigenvalue weighted by molar-refractivity contribution is -0.278. The quantitative estimate of drug-likeness (QED) is 0.129. The molecule has 8 atom stereocenters. The van der Waals surface area contributed by atoms with Gasteiger partial charge in [0.15, 0.2) is 17.1 Å². The Bertz CT molecular complexity index is 2060. The first-order valence-electron chi connectivity index (χ1n) is 17.2. The van der Waals surface area contributed by atoms with E-state index in [1.165, 1.54) is 24.3 Å². The molecule has 2 bridgehead atoms. The molecule has 54 heavy (non-hydrogen) atoms. The summed E-state index contributed by atoms with van der Waals surface area (Å²) >= 11 is 1.16. The van der Waals surface area contributed by atoms with Crippen molar-refractivity contribution in [2.45, 2.75) is 106 Å². The van der Waals surface area contributed by atoms with Crippen LogP contribution in [0.2, 0.25) is 0 Å². The van der Waals surface area contributed by atoms with Crippen LogP contribution < -0.4 is 9.64 Å². The Morgan fingerprint density at radius 2 is 1.72 bits per heavy atom. The lowest BCUT2D eigenvalue weighted by Gasteiger charge is -2.38. The molecule has 0 spiro atoms. The van der Waals surface area contributed by atoms with Crippen LogP contribution in [0.15, 0.2) is 40.9 Å². The van der Waals surface area contributed by atoms with E-state index in [0.717, 1.165) is 43.1 Å². The molecular formula is C35H33F4N3O11S. The summed E-state index contributed by atoms with van der Waals surface area (Å²) in [4.78, 5) is 31.1. The minimum atomic E-state index is -4.90. The lowest BCUT2D eigenvalue weighted by Crippen LogP contribution is -2.60. The molecule has 2 aromatic carbocycles. The number of aliphatic hydroxyl groups is 3. The Morgan fingerprint density at radius 1 is 1.00 bits per heavy atom. The molecule has 4 aliphatic rings. The van der Waals surface area contributed by atoms with Crippen molar-refractivity contribution in [2.75, 3.05) is 4.90 Å². The summed E-state index contributed by atoms with van der Waals surface area (Å²) in [5.41, 5.74) is 0.704. The standard InChI is InChI=1S/C35H33F4N3O11S/c36-21-9-15(32(48)51-33-28(45)26(43)27(44)30(50-33)31(46)47)10-23-25(21)40-34(54-23)42-16-7-8-17(42)12-18(11-16)49-13-20-24(41-53-29(20)14-5-6-14)19-3-1-2-4-22(19)52-35(37,38)39/h1-4,9-10,14,16-18,26-28,30,33,43-45H,5-8,11-13H2,(H,46,47)/t16-,17+,18?,26-,27?,28?,30?,33-/m0/s1. The molecule has 0 amide bonds. The number of aliphatic hydroxyl groups excluding tert-OH is 3. The van der Waals surface area contributed by atoms with E-state index in [2.05, 4.69) is 19.8 Å². The maximum atomic E-state index is 15.4. The molecule has 5 heterocycles. The number of esters is 1. The molecule has 4 aromatic rings. The fourth-order valence-corrected chi connectivity index (χ4v) is 8.68. The van der Waals surface area contributed by atoms with Gasteiger partial charge >= 0.3 is 18.3 Å². The normalized spacial score (nSPS) is 28.4. The molecule has 0 radical (unpaired) electrons. The second-order valence-corrected chi connectivity index (χ2v) is 14.8. The first-order chi connectivity index (χ1) is 25.8. The number of hydrogen-bond donors (Lipinski definition) is 4. The van der Waals surface area contributed by atoms with Gasteiger partial charge in [-0.15, -0.1) is 13.2 Å². The van der Waals surface area contributed by atoms with E-state index in [4.69, 9.17) is 18.7 Å². The summed E-state index contributed by atoms with van der Waals surface area (Å²) in [5, 5.41) is 44.1. The maximum Gasteiger partial charge on any atom is 0.573 e. The maximum absolute atomic E-state index is 15.4. The third-order valence-electron chi connectivity index (χ3n) is 10.2. The fraction of sp³-hybridized carbons (Fsp3) is 0.486. The molecular weight excluding hydrogens is 746 g/mol. The Labute approximate surface area is 306 Å². The third kappa shape index (κ3) is 6.99. The zero-order chi connectivity index (χ0) is 38.1. The Kier molecular flexibility index (Phi) is 9.50. The number of nitrogens with zero attached hydrogens (tertiary/aromatic N) is 3. The van der Waals surface area contributed by atoms with Gasteiger partial charge in [0, 0.05) is 29.1 Å². The predicted molar refractivity (Wildman–Crippen MR) is 177 cm³/mol. The van der Waals surface area contributed by atoms with Crippen LogP contribution in [0.3, 0.4) is 0 Å². The summed E-state index contributed by atoms with van der Waals surface area (Å²) in [7, 11) is 0. The largest absolute Gasteiger partial charge is 0.573 e. The Hall–Kier alpha value is -4.40. The number of alkyl halides is 3. The van der Waals surface area contributed by atoms with Crippen molar-refractivity contribution in [3.05, 3.63) is 59.1 Å². The minimum absolute atomic E-state index is 0.0125. The minimum Gasteiger partial charge on any atom is -0.479 e. The van der Waals surface area contributed by atoms with Crippen LogP contribution in [-0.2, 0) is 25.6 Å². The highest BCUT2D eigenvalue weighted by Crippen LogP contribution is 2.47. The number of anilines is 1. The average molecular weight is 780 g/mol. The van der Waals surface area contributed by atoms with Crippen molar-refractivity contribution in [3.8, 4) is 17.0 Å². The van der Waals surface area contributed by atoms with Crippen molar-refractivity contribution >= 4 is 38.6 Å². The van der Waals surface area contributed by atoms with Gasteiger partial charge in [0.05, 0.1) is 23.0 Å². The molecule has 4 unspecified atom stereocenters. The predicted octanol–water partition coefficient (Wildman–Crippen LogP) is 4.63. The van der Waals surface area contributed by atoms with Crippen LogP contribution >= 0.6 is 11.3 Å². The number of carboxylic acids is 1. The molecule has 1 aliphatic carbocycles. The molecule has 4 N–H and O–H groups in total. The number of hydrogen-bond acceptors (Lipinski definition) is 14. The van der Waals surface area contributed by atoms with Gasteiger partial charge in [0.1, 0.15) is 41.0 Å². The molecule has 19 heteroatoms. The number of carboxylic acid groups (broad SMARTS) is 1. The molecule has 2 aromatic heterocycles. The van der Waals surface area contributed by atoms with Crippen molar-refractivity contribution in [2.24, 2.45) is 0 Å². The van der Waals surface area contributed by atoms with E-state index in [0.29, 0.717) is 34.0 Å². The second kappa shape index (κ2) is 14.0. The van der Waals surface area contributed by atoms with Crippen LogP contribution in [0.5, 0.6) is 5.75 Å². The third-order valence-corrected chi connectivity index (χ3v) is 11.2. The molecule has 1 saturated carbocycles. The fourth-order valence-electron chi connectivity index (χ4n) is 7.52. The number of fused-ring (bicyclic) bond motifs is 3. The van der Waals surface area contributed by atoms with Crippen molar-refractivity contribution in [1.82, 2.24) is 10.1 Å². The topological polar surface area (TPSA) is 194 Å². The smallest absolute Gasteiger partial charge is 0.479 e. The van der Waals surface area contributed by atoms with Gasteiger partial charge in [-0.1, -0.05) is 28.6 Å². The van der Waals surface area contributed by atoms with E-state index in [-0.39, 0.29) is 53.0 Å². The number of ether oxygens (including phenoxy) is 4. The number of piperidine rings is 1. The van der Waals surface area contributed by atoms with Gasteiger partial charge in [-0.05, 0) is 62.8 Å². The highest BCUT2D eigenvalue weighted by atomic mass is 32.1. The summed E-state index contributed by atoms with van der Waals surface area (Å²) in [6.07, 6.45) is -10.4. The van der Waals surface area contributed by atoms with E-state index < -0.39 is 60.6 Å². The molecule has 8 rings (SSSR count). The van der Waals surface area contributed by atoms with Crippen LogP contribution in [0.4, 0.5) is 22.7 Å². The summed E-state index contributed by atoms with van der Waals surface area (Å²) in [6.45, 7) is 0.0692. The van der Waals surface area contributed by atoms with Crippen LogP contribution in [-0.4, -0.2) is 97.8 Å². The second-order valence-electron chi connectivity index (χ2n) is 13.8. The van der Waals surface area contributed by atoms with E-state index in [9.17, 15) is 43.2 Å². The molecule has 3 aliphatic heterocycles. The monoisotopic (exact) mass is 779 g/mol. The zero-order valence-electron chi connectivity index (χ0n) is 28.0. The number of halogens is 4. The van der Waals surface area contributed by atoms with E-state index >= 15 is 4.39 Å². The number of aromatic nitrogens is 2. The number of carbonyl (C=O) groups is 2. The van der Waals surface area contributed by atoms with E-state index in [1.54, 1.807) is 6.07 Å². The SMILES string of the molecule is O=C(O[C@@H]1OC(C(=O)O)C(O)[C@H](O)C1O)c1cc(F)c2nc(N3[C@@H]4CC[C@H]3CC(OCc3c(-c5ccccc5OC(F)(F)F)noc3C3CC3)C4)sc2c1. The van der Waals surface area contributed by atoms with Gasteiger partial charge in [0.2, 0.25) is 6.29 Å². The number of aliphatic carboxylic acids is 1. The van der Waals surface area contributed by atoms with Crippen molar-refractivity contribution in [3.63, 3.8) is 0 Å². The number of benzene rings is 2. The van der Waals surface area contributed by atoms with E-state index in [1.807, 2.05) is 0 Å². The van der Waals surface area contributed by atoms with Gasteiger partial charge < -0.3 is 48.8 Å². The van der Waals surface area contributed by atoms with Crippen LogP contribution in [0.1, 0.15) is 66.1 Å². The Morgan fingerprint density at radius 3 is 2.41 bits per heavy atom. The number of carbonyl (C=O) groups excluding carboxylic acids is 1. The van der Waals surface area contributed by atoms with Gasteiger partial charge in [0.25, 0.3) is 0 Å². The molecule has 288 valence electrons. The molecule has 14 nitrogen and oxygen atoms in total. The van der Waals surface area contributed by atoms with Gasteiger partial charge in [-0.3, -0.25) is 0 Å². The van der Waals surface area contributed by atoms with Crippen LogP contribution in [0.25, 0.3) is 21.5 Å². The zero-order valence-corrected chi connectivity index (χ0v) is 28.8. The van der Waals surface area contributed by atoms with Gasteiger partial charge in [-0.2, -0.15) is 0 Å². The average Bonchev–Trinajstić information content (AvgIpc) is 3.63. The lowest BCUT2D eigenvalue weighted by atomic mass is 9.99. The first kappa shape index (κ1) is 36.6.